The monoisotopic (exact) mass is 628 g/mol. The van der Waals surface area contributed by atoms with Gasteiger partial charge in [0.05, 0.1) is 16.8 Å². The van der Waals surface area contributed by atoms with Gasteiger partial charge in [-0.25, -0.2) is 26.6 Å². The molecule has 0 aliphatic heterocycles. The highest BCUT2D eigenvalue weighted by atomic mass is 35.5. The van der Waals surface area contributed by atoms with E-state index >= 15 is 0 Å². The number of amides is 1. The van der Waals surface area contributed by atoms with Crippen molar-refractivity contribution in [1.29, 1.82) is 0 Å². The summed E-state index contributed by atoms with van der Waals surface area (Å²) >= 11 is 5.94. The lowest BCUT2D eigenvalue weighted by Crippen LogP contribution is -2.51. The van der Waals surface area contributed by atoms with Crippen molar-refractivity contribution in [2.24, 2.45) is 0 Å². The van der Waals surface area contributed by atoms with Gasteiger partial charge in [0.15, 0.2) is 30.3 Å². The van der Waals surface area contributed by atoms with E-state index in [4.69, 9.17) is 16.3 Å². The van der Waals surface area contributed by atoms with Crippen LogP contribution in [0.4, 0.5) is 23.7 Å². The summed E-state index contributed by atoms with van der Waals surface area (Å²) < 4.78 is 97.9. The number of halogens is 4. The first-order valence-corrected chi connectivity index (χ1v) is 15.9. The van der Waals surface area contributed by atoms with Gasteiger partial charge in [0.25, 0.3) is 0 Å². The summed E-state index contributed by atoms with van der Waals surface area (Å²) in [6.45, 7) is 7.34. The van der Waals surface area contributed by atoms with Crippen molar-refractivity contribution in [2.75, 3.05) is 17.8 Å². The zero-order valence-corrected chi connectivity index (χ0v) is 25.4. The minimum Gasteiger partial charge on any atom is -0.444 e. The number of sulfone groups is 2. The Labute approximate surface area is 236 Å². The quantitative estimate of drug-likeness (QED) is 0.412. The van der Waals surface area contributed by atoms with Gasteiger partial charge in [-0.05, 0) is 61.9 Å². The van der Waals surface area contributed by atoms with Crippen LogP contribution in [-0.2, 0) is 36.2 Å². The van der Waals surface area contributed by atoms with Crippen molar-refractivity contribution in [1.82, 2.24) is 4.98 Å². The van der Waals surface area contributed by atoms with E-state index in [-0.39, 0.29) is 21.2 Å². The third-order valence-electron chi connectivity index (χ3n) is 5.80. The minimum atomic E-state index is -5.28. The molecule has 1 heterocycles. The molecule has 0 aliphatic carbocycles. The molecule has 0 aliphatic rings. The van der Waals surface area contributed by atoms with Crippen molar-refractivity contribution in [2.45, 2.75) is 80.2 Å². The number of carbonyl (C=O) groups excluding carboxylic acids is 1. The number of aliphatic hydroxyl groups is 1. The van der Waals surface area contributed by atoms with E-state index in [1.165, 1.54) is 26.0 Å². The van der Waals surface area contributed by atoms with Gasteiger partial charge in [-0.2, -0.15) is 13.2 Å². The predicted octanol–water partition coefficient (Wildman–Crippen LogP) is 5.09. The maximum absolute atomic E-state index is 14.6. The van der Waals surface area contributed by atoms with Crippen molar-refractivity contribution in [3.8, 4) is 0 Å². The Morgan fingerprint density at radius 1 is 1.02 bits per heavy atom. The van der Waals surface area contributed by atoms with E-state index in [9.17, 15) is 39.9 Å². The van der Waals surface area contributed by atoms with Gasteiger partial charge in [-0.1, -0.05) is 31.5 Å². The molecule has 2 rings (SSSR count). The zero-order valence-electron chi connectivity index (χ0n) is 23.0. The number of benzene rings is 1. The van der Waals surface area contributed by atoms with E-state index in [1.54, 1.807) is 20.8 Å². The zero-order chi connectivity index (χ0) is 31.1. The lowest BCUT2D eigenvalue weighted by Gasteiger charge is -2.39. The molecule has 9 nitrogen and oxygen atoms in total. The lowest BCUT2D eigenvalue weighted by atomic mass is 9.73. The van der Waals surface area contributed by atoms with E-state index in [1.807, 2.05) is 0 Å². The Hall–Kier alpha value is -2.42. The molecule has 2 aromatic rings. The number of anilines is 1. The van der Waals surface area contributed by atoms with E-state index in [0.717, 1.165) is 30.8 Å². The van der Waals surface area contributed by atoms with E-state index < -0.39 is 72.0 Å². The molecular formula is C25H32ClF3N2O7S2. The number of nitrogens with zero attached hydrogens (tertiary/aromatic N) is 1. The topological polar surface area (TPSA) is 140 Å². The van der Waals surface area contributed by atoms with Gasteiger partial charge < -0.3 is 9.84 Å². The smallest absolute Gasteiger partial charge is 0.417 e. The number of pyridine rings is 1. The number of hydrogen-bond acceptors (Lipinski definition) is 8. The van der Waals surface area contributed by atoms with E-state index in [0.29, 0.717) is 0 Å². The van der Waals surface area contributed by atoms with Gasteiger partial charge in [-0.15, -0.1) is 0 Å². The molecule has 0 unspecified atom stereocenters. The molecule has 40 heavy (non-hydrogen) atoms. The summed E-state index contributed by atoms with van der Waals surface area (Å²) in [5.41, 5.74) is -6.80. The molecule has 1 atom stereocenters. The van der Waals surface area contributed by atoms with Crippen LogP contribution in [0.5, 0.6) is 0 Å². The first-order valence-electron chi connectivity index (χ1n) is 11.7. The van der Waals surface area contributed by atoms with Crippen LogP contribution in [0, 0.1) is 0 Å². The van der Waals surface area contributed by atoms with Crippen LogP contribution < -0.4 is 5.32 Å². The fourth-order valence-corrected chi connectivity index (χ4v) is 6.04. The Morgan fingerprint density at radius 3 is 2.08 bits per heavy atom. The average Bonchev–Trinajstić information content (AvgIpc) is 2.70. The first-order chi connectivity index (χ1) is 17.8. The Kier molecular flexibility index (Phi) is 9.38. The minimum absolute atomic E-state index is 0.0132. The van der Waals surface area contributed by atoms with Gasteiger partial charge in [0.1, 0.15) is 5.60 Å². The Balaban J connectivity index is 2.68. The molecule has 1 aromatic heterocycles. The third-order valence-corrected chi connectivity index (χ3v) is 8.15. The summed E-state index contributed by atoms with van der Waals surface area (Å²) in [7, 11) is -7.92. The number of alkyl halides is 3. The summed E-state index contributed by atoms with van der Waals surface area (Å²) in [6, 6.07) is 4.55. The van der Waals surface area contributed by atoms with Gasteiger partial charge in [0.2, 0.25) is 0 Å². The summed E-state index contributed by atoms with van der Waals surface area (Å²) in [6.07, 6.45) is -6.04. The number of hydrogen-bond donors (Lipinski definition) is 2. The predicted molar refractivity (Wildman–Crippen MR) is 144 cm³/mol. The molecule has 1 amide bonds. The standard InChI is InChI=1S/C25H32ClF3N2O7S2/c1-22(2,3)38-21(32)31-18-13-30-20(40(7,36)37)10-15(18)12-24(33,25(27,28)29)14-23(4,5)17-9-8-16(26)11-19(17)39(6,34)35/h8-11,13,33H,12,14H2,1-7H3,(H,31,32)/t24-/m0/s1. The van der Waals surface area contributed by atoms with Crippen molar-refractivity contribution < 1.29 is 44.6 Å². The molecule has 1 aromatic carbocycles. The lowest BCUT2D eigenvalue weighted by molar-refractivity contribution is -0.266. The molecule has 0 spiro atoms. The summed E-state index contributed by atoms with van der Waals surface area (Å²) in [4.78, 5) is 15.8. The first kappa shape index (κ1) is 33.8. The molecule has 224 valence electrons. The third kappa shape index (κ3) is 8.54. The van der Waals surface area contributed by atoms with Gasteiger partial charge in [-0.3, -0.25) is 5.32 Å². The number of ether oxygens (including phenoxy) is 1. The molecule has 0 saturated heterocycles. The molecular weight excluding hydrogens is 597 g/mol. The van der Waals surface area contributed by atoms with E-state index in [2.05, 4.69) is 10.3 Å². The van der Waals surface area contributed by atoms with Crippen LogP contribution >= 0.6 is 11.6 Å². The highest BCUT2D eigenvalue weighted by Crippen LogP contribution is 2.45. The Morgan fingerprint density at radius 2 is 1.60 bits per heavy atom. The SMILES string of the molecule is CC(C)(C)OC(=O)Nc1cnc(S(C)(=O)=O)cc1C[C@](O)(CC(C)(C)c1ccc(Cl)cc1S(C)(=O)=O)C(F)(F)F. The Bertz CT molecular complexity index is 1500. The van der Waals surface area contributed by atoms with Crippen LogP contribution in [0.2, 0.25) is 5.02 Å². The highest BCUT2D eigenvalue weighted by Gasteiger charge is 2.56. The van der Waals surface area contributed by atoms with Crippen molar-refractivity contribution in [3.63, 3.8) is 0 Å². The number of nitrogens with one attached hydrogen (secondary N) is 1. The second-order valence-corrected chi connectivity index (χ2v) is 15.6. The number of rotatable bonds is 8. The van der Waals surface area contributed by atoms with Gasteiger partial charge in [0, 0.05) is 24.0 Å². The maximum atomic E-state index is 14.6. The number of carbonyl (C=O) groups is 1. The highest BCUT2D eigenvalue weighted by molar-refractivity contribution is 7.91. The second kappa shape index (κ2) is 11.1. The molecule has 2 N–H and O–H groups in total. The summed E-state index contributed by atoms with van der Waals surface area (Å²) in [5, 5.41) is 12.9. The van der Waals surface area contributed by atoms with Crippen LogP contribution in [0.15, 0.2) is 40.4 Å². The maximum Gasteiger partial charge on any atom is 0.417 e. The van der Waals surface area contributed by atoms with Crippen LogP contribution in [-0.4, -0.2) is 62.9 Å². The molecule has 15 heteroatoms. The molecule has 0 radical (unpaired) electrons. The van der Waals surface area contributed by atoms with Gasteiger partial charge >= 0.3 is 12.3 Å². The van der Waals surface area contributed by atoms with Crippen molar-refractivity contribution in [3.05, 3.63) is 46.6 Å². The molecule has 0 bridgehead atoms. The second-order valence-electron chi connectivity index (χ2n) is 11.3. The van der Waals surface area contributed by atoms with Crippen LogP contribution in [0.3, 0.4) is 0 Å². The number of aromatic nitrogens is 1. The fraction of sp³-hybridized carbons (Fsp3) is 0.520. The van der Waals surface area contributed by atoms with Crippen LogP contribution in [0.1, 0.15) is 52.2 Å². The van der Waals surface area contributed by atoms with Crippen LogP contribution in [0.25, 0.3) is 0 Å². The average molecular weight is 629 g/mol. The molecule has 0 saturated carbocycles. The van der Waals surface area contributed by atoms with Crippen molar-refractivity contribution >= 4 is 43.1 Å². The largest absolute Gasteiger partial charge is 0.444 e. The normalized spacial score (nSPS) is 14.9. The molecule has 0 fully saturated rings. The fourth-order valence-electron chi connectivity index (χ4n) is 4.12. The summed E-state index contributed by atoms with van der Waals surface area (Å²) in [5.74, 6) is 0.